The molecule has 6 nitrogen and oxygen atoms in total. The quantitative estimate of drug-likeness (QED) is 0.877. The summed E-state index contributed by atoms with van der Waals surface area (Å²) in [6.07, 6.45) is 2.56. The second kappa shape index (κ2) is 5.44. The minimum atomic E-state index is -3.19. The van der Waals surface area contributed by atoms with Gasteiger partial charge < -0.3 is 10.0 Å². The van der Waals surface area contributed by atoms with E-state index in [0.29, 0.717) is 29.5 Å². The van der Waals surface area contributed by atoms with Crippen molar-refractivity contribution in [3.05, 3.63) is 10.6 Å². The lowest BCUT2D eigenvalue weighted by molar-refractivity contribution is -0.138. The summed E-state index contributed by atoms with van der Waals surface area (Å²) in [5, 5.41) is 9.30. The van der Waals surface area contributed by atoms with Gasteiger partial charge in [0.2, 0.25) is 0 Å². The molecule has 116 valence electrons. The van der Waals surface area contributed by atoms with Crippen LogP contribution in [0.15, 0.2) is 0 Å². The lowest BCUT2D eigenvalue weighted by Gasteiger charge is -2.33. The van der Waals surface area contributed by atoms with Crippen molar-refractivity contribution in [3.8, 4) is 0 Å². The third kappa shape index (κ3) is 2.78. The fraction of sp³-hybridized carbons (Fsp3) is 0.667. The number of hydrogen-bond donors (Lipinski definition) is 1. The predicted octanol–water partition coefficient (Wildman–Crippen LogP) is 1.18. The van der Waals surface area contributed by atoms with E-state index in [9.17, 15) is 18.3 Å². The lowest BCUT2D eigenvalue weighted by Crippen LogP contribution is -2.47. The first kappa shape index (κ1) is 15.1. The number of aliphatic carboxylic acids is 1. The van der Waals surface area contributed by atoms with E-state index in [-0.39, 0.29) is 0 Å². The van der Waals surface area contributed by atoms with Crippen molar-refractivity contribution in [1.82, 2.24) is 4.98 Å². The second-order valence-corrected chi connectivity index (χ2v) is 9.70. The maximum atomic E-state index is 11.9. The number of fused-ring (bicyclic) bond motifs is 1. The van der Waals surface area contributed by atoms with E-state index in [1.807, 2.05) is 4.90 Å². The number of carbonyl (C=O) groups is 1. The Labute approximate surface area is 131 Å². The molecule has 0 spiro atoms. The SMILES string of the molecule is CS(=O)(=O)C1CSCCN1c1nc2c(s1)CCC2C(=O)O. The molecular formula is C12H16N2O4S3. The molecule has 0 saturated carbocycles. The molecule has 0 bridgehead atoms. The van der Waals surface area contributed by atoms with Gasteiger partial charge in [-0.25, -0.2) is 13.4 Å². The summed E-state index contributed by atoms with van der Waals surface area (Å²) >= 11 is 3.07. The summed E-state index contributed by atoms with van der Waals surface area (Å²) in [5.41, 5.74) is 0.632. The van der Waals surface area contributed by atoms with Gasteiger partial charge in [-0.05, 0) is 12.8 Å². The third-order valence-electron chi connectivity index (χ3n) is 3.83. The van der Waals surface area contributed by atoms with E-state index < -0.39 is 27.1 Å². The summed E-state index contributed by atoms with van der Waals surface area (Å²) in [7, 11) is -3.19. The predicted molar refractivity (Wildman–Crippen MR) is 84.1 cm³/mol. The summed E-state index contributed by atoms with van der Waals surface area (Å²) < 4.78 is 23.9. The molecule has 2 heterocycles. The maximum absolute atomic E-state index is 11.9. The molecule has 9 heteroatoms. The van der Waals surface area contributed by atoms with Gasteiger partial charge in [-0.3, -0.25) is 4.79 Å². The summed E-state index contributed by atoms with van der Waals surface area (Å²) in [6, 6.07) is 0. The summed E-state index contributed by atoms with van der Waals surface area (Å²) in [5.74, 6) is 0.00432. The number of carboxylic acid groups (broad SMARTS) is 1. The molecule has 1 aliphatic carbocycles. The zero-order valence-electron chi connectivity index (χ0n) is 11.5. The van der Waals surface area contributed by atoms with Crippen LogP contribution in [0.25, 0.3) is 0 Å². The molecule has 1 N–H and O–H groups in total. The van der Waals surface area contributed by atoms with Crippen LogP contribution in [0, 0.1) is 0 Å². The first-order valence-corrected chi connectivity index (χ1v) is 10.6. The number of sulfone groups is 1. The van der Waals surface area contributed by atoms with E-state index in [2.05, 4.69) is 4.98 Å². The molecule has 2 aliphatic rings. The number of aromatic nitrogens is 1. The monoisotopic (exact) mass is 348 g/mol. The van der Waals surface area contributed by atoms with Crippen LogP contribution in [0.3, 0.4) is 0 Å². The van der Waals surface area contributed by atoms with E-state index in [1.165, 1.54) is 17.6 Å². The topological polar surface area (TPSA) is 87.6 Å². The minimum Gasteiger partial charge on any atom is -0.481 e. The molecule has 1 aliphatic heterocycles. The number of thiazole rings is 1. The maximum Gasteiger partial charge on any atom is 0.312 e. The van der Waals surface area contributed by atoms with Crippen LogP contribution >= 0.6 is 23.1 Å². The van der Waals surface area contributed by atoms with Gasteiger partial charge in [0.15, 0.2) is 15.0 Å². The molecule has 1 fully saturated rings. The van der Waals surface area contributed by atoms with Crippen LogP contribution in [-0.2, 0) is 21.1 Å². The zero-order chi connectivity index (χ0) is 15.2. The van der Waals surface area contributed by atoms with Crippen LogP contribution in [0.4, 0.5) is 5.13 Å². The molecule has 0 aromatic carbocycles. The van der Waals surface area contributed by atoms with Crippen LogP contribution < -0.4 is 4.90 Å². The Hall–Kier alpha value is -0.800. The van der Waals surface area contributed by atoms with Crippen molar-refractivity contribution in [1.29, 1.82) is 0 Å². The van der Waals surface area contributed by atoms with E-state index in [1.54, 1.807) is 11.8 Å². The highest BCUT2D eigenvalue weighted by Gasteiger charge is 2.37. The van der Waals surface area contributed by atoms with Gasteiger partial charge in [0.25, 0.3) is 0 Å². The number of nitrogens with zero attached hydrogens (tertiary/aromatic N) is 2. The van der Waals surface area contributed by atoms with Gasteiger partial charge >= 0.3 is 5.97 Å². The van der Waals surface area contributed by atoms with E-state index >= 15 is 0 Å². The number of hydrogen-bond acceptors (Lipinski definition) is 7. The third-order valence-corrected chi connectivity index (χ3v) is 7.64. The Balaban J connectivity index is 1.94. The van der Waals surface area contributed by atoms with Crippen molar-refractivity contribution >= 4 is 44.0 Å². The number of aryl methyl sites for hydroxylation is 1. The highest BCUT2D eigenvalue weighted by molar-refractivity contribution is 8.01. The number of anilines is 1. The number of thioether (sulfide) groups is 1. The average Bonchev–Trinajstić information content (AvgIpc) is 2.96. The molecule has 3 rings (SSSR count). The smallest absolute Gasteiger partial charge is 0.312 e. The van der Waals surface area contributed by atoms with Crippen LogP contribution in [0.2, 0.25) is 0 Å². The Morgan fingerprint density at radius 3 is 2.90 bits per heavy atom. The highest BCUT2D eigenvalue weighted by atomic mass is 32.2. The lowest BCUT2D eigenvalue weighted by atomic mass is 10.1. The first-order valence-electron chi connectivity index (χ1n) is 6.63. The molecule has 0 radical (unpaired) electrons. The highest BCUT2D eigenvalue weighted by Crippen LogP contribution is 2.41. The Morgan fingerprint density at radius 1 is 1.48 bits per heavy atom. The fourth-order valence-electron chi connectivity index (χ4n) is 2.73. The molecule has 2 atom stereocenters. The fourth-order valence-corrected chi connectivity index (χ4v) is 6.83. The molecule has 1 aromatic heterocycles. The standard InChI is InChI=1S/C12H16N2O4S3/c1-21(17,18)9-6-19-5-4-14(9)12-13-10-7(11(15)16)2-3-8(10)20-12/h7,9H,2-6H2,1H3,(H,15,16). The van der Waals surface area contributed by atoms with Gasteiger partial charge in [0, 0.05) is 29.2 Å². The Bertz CT molecular complexity index is 670. The molecule has 0 amide bonds. The van der Waals surface area contributed by atoms with E-state index in [0.717, 1.165) is 17.1 Å². The van der Waals surface area contributed by atoms with Gasteiger partial charge in [-0.2, -0.15) is 11.8 Å². The van der Waals surface area contributed by atoms with Crippen LogP contribution in [-0.4, -0.2) is 54.2 Å². The molecule has 2 unspecified atom stereocenters. The van der Waals surface area contributed by atoms with E-state index in [4.69, 9.17) is 0 Å². The minimum absolute atomic E-state index is 0.533. The van der Waals surface area contributed by atoms with Crippen molar-refractivity contribution in [2.75, 3.05) is 29.2 Å². The molecular weight excluding hydrogens is 332 g/mol. The summed E-state index contributed by atoms with van der Waals surface area (Å²) in [6.45, 7) is 0.631. The van der Waals surface area contributed by atoms with Gasteiger partial charge in [0.1, 0.15) is 11.3 Å². The number of rotatable bonds is 3. The van der Waals surface area contributed by atoms with Crippen molar-refractivity contribution < 1.29 is 18.3 Å². The zero-order valence-corrected chi connectivity index (χ0v) is 13.9. The van der Waals surface area contributed by atoms with Crippen molar-refractivity contribution in [3.63, 3.8) is 0 Å². The summed E-state index contributed by atoms with van der Waals surface area (Å²) in [4.78, 5) is 18.5. The Kier molecular flexibility index (Phi) is 3.91. The van der Waals surface area contributed by atoms with Gasteiger partial charge in [-0.1, -0.05) is 0 Å². The van der Waals surface area contributed by atoms with Crippen LogP contribution in [0.1, 0.15) is 22.9 Å². The number of carboxylic acids is 1. The molecule has 21 heavy (non-hydrogen) atoms. The Morgan fingerprint density at radius 2 is 2.24 bits per heavy atom. The molecule has 1 saturated heterocycles. The first-order chi connectivity index (χ1) is 9.88. The normalized spacial score (nSPS) is 25.9. The van der Waals surface area contributed by atoms with Crippen molar-refractivity contribution in [2.24, 2.45) is 0 Å². The van der Waals surface area contributed by atoms with Gasteiger partial charge in [0.05, 0.1) is 5.69 Å². The van der Waals surface area contributed by atoms with Gasteiger partial charge in [-0.15, -0.1) is 11.3 Å². The van der Waals surface area contributed by atoms with Crippen LogP contribution in [0.5, 0.6) is 0 Å². The average molecular weight is 348 g/mol. The molecule has 1 aromatic rings. The second-order valence-electron chi connectivity index (χ2n) is 5.29. The largest absolute Gasteiger partial charge is 0.481 e. The van der Waals surface area contributed by atoms with Crippen molar-refractivity contribution in [2.45, 2.75) is 24.1 Å².